The molecule has 1 atom stereocenters. The van der Waals surface area contributed by atoms with Crippen molar-refractivity contribution in [1.82, 2.24) is 9.13 Å². The number of aromatic nitrogens is 2. The Labute approximate surface area is 237 Å². The second kappa shape index (κ2) is 11.1. The Balaban J connectivity index is 1.72. The average Bonchev–Trinajstić information content (AvgIpc) is 3.37. The van der Waals surface area contributed by atoms with Gasteiger partial charge in [0.1, 0.15) is 5.75 Å². The molecule has 0 radical (unpaired) electrons. The van der Waals surface area contributed by atoms with E-state index < -0.39 is 12.0 Å². The fraction of sp³-hybridized carbons (Fsp3) is 0.281. The van der Waals surface area contributed by atoms with Gasteiger partial charge in [0.15, 0.2) is 4.80 Å². The molecule has 3 heterocycles. The summed E-state index contributed by atoms with van der Waals surface area (Å²) in [5, 5.41) is 1.06. The molecule has 0 spiro atoms. The Morgan fingerprint density at radius 1 is 1.15 bits per heavy atom. The normalized spacial score (nSPS) is 15.3. The molecule has 1 aliphatic heterocycles. The van der Waals surface area contributed by atoms with Crippen molar-refractivity contribution in [3.63, 3.8) is 0 Å². The van der Waals surface area contributed by atoms with Crippen LogP contribution in [0, 0.1) is 6.92 Å². The number of thiazole rings is 1. The molecule has 0 bridgehead atoms. The molecule has 2 aromatic carbocycles. The van der Waals surface area contributed by atoms with Crippen LogP contribution in [0.4, 0.5) is 0 Å². The third kappa shape index (κ3) is 4.84. The molecule has 0 fully saturated rings. The number of benzene rings is 2. The average molecular weight is 556 g/mol. The van der Waals surface area contributed by atoms with Crippen LogP contribution in [0.1, 0.15) is 50.6 Å². The Kier molecular flexibility index (Phi) is 7.63. The van der Waals surface area contributed by atoms with Crippen molar-refractivity contribution < 1.29 is 14.3 Å². The first kappa shape index (κ1) is 27.4. The van der Waals surface area contributed by atoms with Crippen LogP contribution in [-0.2, 0) is 16.1 Å². The number of allylic oxidation sites excluding steroid dienone is 2. The zero-order valence-electron chi connectivity index (χ0n) is 23.4. The van der Waals surface area contributed by atoms with Crippen molar-refractivity contribution in [3.8, 4) is 5.75 Å². The molecule has 7 nitrogen and oxygen atoms in total. The number of ether oxygens (including phenoxy) is 2. The van der Waals surface area contributed by atoms with Crippen LogP contribution in [0.3, 0.4) is 0 Å². The molecule has 5 rings (SSSR count). The van der Waals surface area contributed by atoms with Gasteiger partial charge in [-0.3, -0.25) is 9.36 Å². The minimum Gasteiger partial charge on any atom is -0.491 e. The summed E-state index contributed by atoms with van der Waals surface area (Å²) < 4.78 is 15.6. The third-order valence-corrected chi connectivity index (χ3v) is 7.93. The van der Waals surface area contributed by atoms with Gasteiger partial charge in [0.2, 0.25) is 0 Å². The summed E-state index contributed by atoms with van der Waals surface area (Å²) >= 11 is 1.33. The number of carbonyl (C=O) groups excluding carboxylic acids is 1. The van der Waals surface area contributed by atoms with Crippen molar-refractivity contribution in [1.29, 1.82) is 0 Å². The van der Waals surface area contributed by atoms with E-state index in [0.717, 1.165) is 33.5 Å². The summed E-state index contributed by atoms with van der Waals surface area (Å²) in [4.78, 5) is 32.5. The number of fused-ring (bicyclic) bond motifs is 2. The van der Waals surface area contributed by atoms with E-state index in [-0.39, 0.29) is 18.3 Å². The SMILES string of the molecule is C=CCn1c(C)c(/C=c2\sc3n(c2=O)[C@H](c2ccc(OC(C)C)cc2)C(C(=O)OCC)=C(C)N=3)c2ccccc21. The van der Waals surface area contributed by atoms with Crippen LogP contribution >= 0.6 is 11.3 Å². The van der Waals surface area contributed by atoms with Crippen LogP contribution in [0.2, 0.25) is 0 Å². The molecule has 0 aliphatic carbocycles. The van der Waals surface area contributed by atoms with Gasteiger partial charge in [-0.1, -0.05) is 47.7 Å². The predicted octanol–water partition coefficient (Wildman–Crippen LogP) is 5.03. The van der Waals surface area contributed by atoms with Crippen molar-refractivity contribution in [3.05, 3.63) is 109 Å². The van der Waals surface area contributed by atoms with E-state index >= 15 is 0 Å². The van der Waals surface area contributed by atoms with Gasteiger partial charge < -0.3 is 14.0 Å². The van der Waals surface area contributed by atoms with Crippen LogP contribution in [0.25, 0.3) is 17.0 Å². The maximum atomic E-state index is 14.1. The summed E-state index contributed by atoms with van der Waals surface area (Å²) in [7, 11) is 0. The van der Waals surface area contributed by atoms with Gasteiger partial charge in [-0.25, -0.2) is 9.79 Å². The molecular formula is C32H33N3O4S. The lowest BCUT2D eigenvalue weighted by Gasteiger charge is -2.25. The molecule has 2 aromatic heterocycles. The molecule has 4 aromatic rings. The van der Waals surface area contributed by atoms with Crippen LogP contribution in [0.15, 0.2) is 82.2 Å². The molecule has 206 valence electrons. The van der Waals surface area contributed by atoms with E-state index in [1.165, 1.54) is 11.3 Å². The highest BCUT2D eigenvalue weighted by molar-refractivity contribution is 7.07. The van der Waals surface area contributed by atoms with Crippen molar-refractivity contribution in [2.75, 3.05) is 6.61 Å². The number of carbonyl (C=O) groups is 1. The monoisotopic (exact) mass is 555 g/mol. The lowest BCUT2D eigenvalue weighted by atomic mass is 9.96. The van der Waals surface area contributed by atoms with Gasteiger partial charge in [0.25, 0.3) is 5.56 Å². The predicted molar refractivity (Wildman–Crippen MR) is 159 cm³/mol. The van der Waals surface area contributed by atoms with Gasteiger partial charge in [0.05, 0.1) is 34.6 Å². The molecule has 0 amide bonds. The van der Waals surface area contributed by atoms with E-state index in [1.54, 1.807) is 18.4 Å². The Morgan fingerprint density at radius 3 is 2.55 bits per heavy atom. The highest BCUT2D eigenvalue weighted by atomic mass is 32.1. The molecule has 8 heteroatoms. The first-order chi connectivity index (χ1) is 19.2. The quantitative estimate of drug-likeness (QED) is 0.226. The van der Waals surface area contributed by atoms with Gasteiger partial charge in [-0.05, 0) is 64.5 Å². The Hall–Kier alpha value is -4.17. The first-order valence-corrected chi connectivity index (χ1v) is 14.2. The number of esters is 1. The van der Waals surface area contributed by atoms with Crippen LogP contribution < -0.4 is 19.6 Å². The lowest BCUT2D eigenvalue weighted by molar-refractivity contribution is -0.139. The Morgan fingerprint density at radius 2 is 1.88 bits per heavy atom. The van der Waals surface area contributed by atoms with E-state index in [9.17, 15) is 9.59 Å². The fourth-order valence-electron chi connectivity index (χ4n) is 5.24. The number of rotatable bonds is 8. The molecule has 1 aliphatic rings. The Bertz CT molecular complexity index is 1820. The second-order valence-corrected chi connectivity index (χ2v) is 11.0. The zero-order chi connectivity index (χ0) is 28.6. The molecule has 0 unspecified atom stereocenters. The van der Waals surface area contributed by atoms with Crippen LogP contribution in [-0.4, -0.2) is 27.8 Å². The number of hydrogen-bond acceptors (Lipinski definition) is 6. The molecule has 0 saturated heterocycles. The summed E-state index contributed by atoms with van der Waals surface area (Å²) in [6.07, 6.45) is 3.84. The fourth-order valence-corrected chi connectivity index (χ4v) is 6.27. The summed E-state index contributed by atoms with van der Waals surface area (Å²) in [6, 6.07) is 15.0. The van der Waals surface area contributed by atoms with E-state index in [4.69, 9.17) is 14.5 Å². The minimum absolute atomic E-state index is 0.0293. The van der Waals surface area contributed by atoms with Crippen molar-refractivity contribution >= 4 is 34.3 Å². The third-order valence-electron chi connectivity index (χ3n) is 6.95. The van der Waals surface area contributed by atoms with Gasteiger partial charge >= 0.3 is 5.97 Å². The summed E-state index contributed by atoms with van der Waals surface area (Å²) in [5.74, 6) is 0.241. The minimum atomic E-state index is -0.672. The number of hydrogen-bond donors (Lipinski definition) is 0. The van der Waals surface area contributed by atoms with E-state index in [0.29, 0.717) is 27.1 Å². The van der Waals surface area contributed by atoms with Gasteiger partial charge in [0, 0.05) is 28.7 Å². The summed E-state index contributed by atoms with van der Waals surface area (Å²) in [5.41, 5.74) is 4.59. The maximum Gasteiger partial charge on any atom is 0.338 e. The molecule has 40 heavy (non-hydrogen) atoms. The zero-order valence-corrected chi connectivity index (χ0v) is 24.2. The first-order valence-electron chi connectivity index (χ1n) is 13.4. The highest BCUT2D eigenvalue weighted by Gasteiger charge is 2.33. The maximum absolute atomic E-state index is 14.1. The van der Waals surface area contributed by atoms with Crippen molar-refractivity contribution in [2.45, 2.75) is 53.3 Å². The van der Waals surface area contributed by atoms with E-state index in [1.807, 2.05) is 62.4 Å². The number of nitrogens with zero attached hydrogens (tertiary/aromatic N) is 3. The standard InChI is InChI=1S/C32H33N3O4S/c1-7-17-34-21(6)25(24-11-9-10-12-26(24)34)18-27-30(36)35-29(22-13-15-23(16-14-22)39-19(3)4)28(31(37)38-8-2)20(5)33-32(35)40-27/h7,9-16,18-19,29H,1,8,17H2,2-6H3/b27-18-/t29-/m1/s1. The van der Waals surface area contributed by atoms with Crippen molar-refractivity contribution in [2.24, 2.45) is 4.99 Å². The topological polar surface area (TPSA) is 74.8 Å². The van der Waals surface area contributed by atoms with Gasteiger partial charge in [-0.2, -0.15) is 0 Å². The molecule has 0 saturated carbocycles. The smallest absolute Gasteiger partial charge is 0.338 e. The molecular weight excluding hydrogens is 522 g/mol. The summed E-state index contributed by atoms with van der Waals surface area (Å²) in [6.45, 7) is 14.3. The largest absolute Gasteiger partial charge is 0.491 e. The highest BCUT2D eigenvalue weighted by Crippen LogP contribution is 2.32. The number of para-hydroxylation sites is 1. The lowest BCUT2D eigenvalue weighted by Crippen LogP contribution is -2.39. The van der Waals surface area contributed by atoms with Crippen LogP contribution in [0.5, 0.6) is 5.75 Å². The second-order valence-electron chi connectivity index (χ2n) is 9.95. The van der Waals surface area contributed by atoms with Gasteiger partial charge in [-0.15, -0.1) is 6.58 Å². The van der Waals surface area contributed by atoms with E-state index in [2.05, 4.69) is 30.2 Å². The molecule has 0 N–H and O–H groups in total.